The fraction of sp³-hybridized carbons (Fsp3) is 0.167. The van der Waals surface area contributed by atoms with Crippen LogP contribution in [0.4, 0.5) is 11.4 Å². The number of anilines is 1. The molecular formula is C18H18N2O5. The third-order valence-corrected chi connectivity index (χ3v) is 3.53. The molecule has 0 aromatic heterocycles. The summed E-state index contributed by atoms with van der Waals surface area (Å²) < 4.78 is 10.4. The summed E-state index contributed by atoms with van der Waals surface area (Å²) in [5.41, 5.74) is 1.83. The predicted octanol–water partition coefficient (Wildman–Crippen LogP) is 3.57. The number of hydrogen-bond acceptors (Lipinski definition) is 5. The zero-order valence-electron chi connectivity index (χ0n) is 14.1. The molecule has 0 saturated heterocycles. The molecule has 25 heavy (non-hydrogen) atoms. The molecule has 0 unspecified atom stereocenters. The third kappa shape index (κ3) is 4.57. The van der Waals surface area contributed by atoms with E-state index in [0.717, 1.165) is 5.56 Å². The van der Waals surface area contributed by atoms with Crippen LogP contribution in [0, 0.1) is 17.0 Å². The molecule has 0 saturated carbocycles. The number of methoxy groups -OCH3 is 2. The minimum Gasteiger partial charge on any atom is -0.497 e. The van der Waals surface area contributed by atoms with E-state index in [0.29, 0.717) is 22.7 Å². The summed E-state index contributed by atoms with van der Waals surface area (Å²) >= 11 is 0. The Morgan fingerprint density at radius 2 is 1.92 bits per heavy atom. The number of ether oxygens (including phenoxy) is 2. The van der Waals surface area contributed by atoms with Crippen LogP contribution in [0.5, 0.6) is 11.5 Å². The van der Waals surface area contributed by atoms with E-state index in [-0.39, 0.29) is 11.6 Å². The number of nitro groups is 1. The molecule has 0 aliphatic carbocycles. The van der Waals surface area contributed by atoms with Gasteiger partial charge in [-0.25, -0.2) is 0 Å². The largest absolute Gasteiger partial charge is 0.497 e. The standard InChI is InChI=1S/C18H18N2O5/c1-12-10-14(20(22)23)6-8-16(12)19-18(21)9-5-13-4-7-15(24-2)11-17(13)25-3/h4-11H,1-3H3,(H,19,21)/b9-5+. The van der Waals surface area contributed by atoms with Gasteiger partial charge in [0.2, 0.25) is 5.91 Å². The highest BCUT2D eigenvalue weighted by molar-refractivity contribution is 6.02. The number of nitro benzene ring substituents is 1. The Hall–Kier alpha value is -3.35. The van der Waals surface area contributed by atoms with E-state index in [1.165, 1.54) is 31.4 Å². The van der Waals surface area contributed by atoms with Crippen molar-refractivity contribution in [3.8, 4) is 11.5 Å². The summed E-state index contributed by atoms with van der Waals surface area (Å²) in [6.45, 7) is 1.69. The first kappa shape index (κ1) is 18.0. The maximum atomic E-state index is 12.1. The maximum absolute atomic E-state index is 12.1. The Balaban J connectivity index is 2.12. The van der Waals surface area contributed by atoms with Crippen LogP contribution in [0.25, 0.3) is 6.08 Å². The van der Waals surface area contributed by atoms with Crippen molar-refractivity contribution >= 4 is 23.4 Å². The highest BCUT2D eigenvalue weighted by Gasteiger charge is 2.09. The molecule has 0 aliphatic rings. The van der Waals surface area contributed by atoms with Gasteiger partial charge in [0.25, 0.3) is 5.69 Å². The number of benzene rings is 2. The van der Waals surface area contributed by atoms with E-state index in [1.54, 1.807) is 38.3 Å². The fourth-order valence-electron chi connectivity index (χ4n) is 2.20. The fourth-order valence-corrected chi connectivity index (χ4v) is 2.20. The molecule has 0 bridgehead atoms. The maximum Gasteiger partial charge on any atom is 0.269 e. The van der Waals surface area contributed by atoms with Crippen molar-refractivity contribution in [3.63, 3.8) is 0 Å². The van der Waals surface area contributed by atoms with Gasteiger partial charge in [0.15, 0.2) is 0 Å². The predicted molar refractivity (Wildman–Crippen MR) is 95.0 cm³/mol. The van der Waals surface area contributed by atoms with E-state index in [4.69, 9.17) is 9.47 Å². The lowest BCUT2D eigenvalue weighted by Crippen LogP contribution is -2.09. The van der Waals surface area contributed by atoms with Crippen molar-refractivity contribution in [1.29, 1.82) is 0 Å². The van der Waals surface area contributed by atoms with Gasteiger partial charge in [-0.05, 0) is 36.8 Å². The van der Waals surface area contributed by atoms with Crippen molar-refractivity contribution in [2.75, 3.05) is 19.5 Å². The molecule has 0 heterocycles. The zero-order valence-corrected chi connectivity index (χ0v) is 14.1. The lowest BCUT2D eigenvalue weighted by atomic mass is 10.1. The Bertz CT molecular complexity index is 830. The number of carbonyl (C=O) groups is 1. The number of nitrogens with one attached hydrogen (secondary N) is 1. The molecule has 1 N–H and O–H groups in total. The summed E-state index contributed by atoms with van der Waals surface area (Å²) in [6.07, 6.45) is 2.99. The summed E-state index contributed by atoms with van der Waals surface area (Å²) in [6, 6.07) is 9.52. The van der Waals surface area contributed by atoms with Gasteiger partial charge in [-0.3, -0.25) is 14.9 Å². The smallest absolute Gasteiger partial charge is 0.269 e. The van der Waals surface area contributed by atoms with Gasteiger partial charge >= 0.3 is 0 Å². The summed E-state index contributed by atoms with van der Waals surface area (Å²) in [7, 11) is 3.09. The second kappa shape index (κ2) is 7.96. The lowest BCUT2D eigenvalue weighted by Gasteiger charge is -2.08. The van der Waals surface area contributed by atoms with E-state index >= 15 is 0 Å². The first-order valence-electron chi connectivity index (χ1n) is 7.40. The lowest BCUT2D eigenvalue weighted by molar-refractivity contribution is -0.384. The third-order valence-electron chi connectivity index (χ3n) is 3.53. The molecule has 0 aliphatic heterocycles. The van der Waals surface area contributed by atoms with E-state index < -0.39 is 4.92 Å². The van der Waals surface area contributed by atoms with Crippen LogP contribution in [0.15, 0.2) is 42.5 Å². The molecule has 1 amide bonds. The van der Waals surface area contributed by atoms with Crippen LogP contribution < -0.4 is 14.8 Å². The number of aryl methyl sites for hydroxylation is 1. The Morgan fingerprint density at radius 3 is 2.52 bits per heavy atom. The van der Waals surface area contributed by atoms with E-state index in [2.05, 4.69) is 5.32 Å². The zero-order chi connectivity index (χ0) is 18.4. The van der Waals surface area contributed by atoms with Crippen LogP contribution >= 0.6 is 0 Å². The molecule has 2 rings (SSSR count). The molecule has 0 fully saturated rings. The quantitative estimate of drug-likeness (QED) is 0.492. The number of hydrogen-bond donors (Lipinski definition) is 1. The van der Waals surface area contributed by atoms with Crippen molar-refractivity contribution in [1.82, 2.24) is 0 Å². The summed E-state index contributed by atoms with van der Waals surface area (Å²) in [5.74, 6) is 0.879. The van der Waals surface area contributed by atoms with Crippen molar-refractivity contribution in [2.24, 2.45) is 0 Å². The Morgan fingerprint density at radius 1 is 1.16 bits per heavy atom. The molecule has 7 nitrogen and oxygen atoms in total. The van der Waals surface area contributed by atoms with Gasteiger partial charge in [-0.2, -0.15) is 0 Å². The molecule has 130 valence electrons. The average molecular weight is 342 g/mol. The molecule has 2 aromatic carbocycles. The van der Waals surface area contributed by atoms with Crippen LogP contribution in [-0.2, 0) is 4.79 Å². The minimum absolute atomic E-state index is 0.0194. The highest BCUT2D eigenvalue weighted by Crippen LogP contribution is 2.26. The number of rotatable bonds is 6. The van der Waals surface area contributed by atoms with Gasteiger partial charge in [0, 0.05) is 35.5 Å². The highest BCUT2D eigenvalue weighted by atomic mass is 16.6. The topological polar surface area (TPSA) is 90.7 Å². The monoisotopic (exact) mass is 342 g/mol. The van der Waals surface area contributed by atoms with Crippen LogP contribution in [-0.4, -0.2) is 25.1 Å². The number of carbonyl (C=O) groups excluding carboxylic acids is 1. The Kier molecular flexibility index (Phi) is 5.73. The van der Waals surface area contributed by atoms with Crippen molar-refractivity contribution < 1.29 is 19.2 Å². The number of non-ortho nitro benzene ring substituents is 1. The van der Waals surface area contributed by atoms with E-state index in [9.17, 15) is 14.9 Å². The molecule has 0 spiro atoms. The minimum atomic E-state index is -0.478. The first-order valence-corrected chi connectivity index (χ1v) is 7.40. The number of amides is 1. The molecular weight excluding hydrogens is 324 g/mol. The normalized spacial score (nSPS) is 10.5. The first-order chi connectivity index (χ1) is 11.9. The molecule has 7 heteroatoms. The van der Waals surface area contributed by atoms with Gasteiger partial charge in [0.1, 0.15) is 11.5 Å². The summed E-state index contributed by atoms with van der Waals surface area (Å²) in [4.78, 5) is 22.3. The van der Waals surface area contributed by atoms with E-state index in [1.807, 2.05) is 0 Å². The van der Waals surface area contributed by atoms with Gasteiger partial charge in [-0.15, -0.1) is 0 Å². The average Bonchev–Trinajstić information content (AvgIpc) is 2.61. The molecule has 2 aromatic rings. The Labute approximate surface area is 145 Å². The summed E-state index contributed by atoms with van der Waals surface area (Å²) in [5, 5.41) is 13.4. The van der Waals surface area contributed by atoms with Crippen LogP contribution in [0.1, 0.15) is 11.1 Å². The van der Waals surface area contributed by atoms with Crippen molar-refractivity contribution in [3.05, 3.63) is 63.7 Å². The SMILES string of the molecule is COc1ccc(/C=C/C(=O)Nc2ccc([N+](=O)[O-])cc2C)c(OC)c1. The second-order valence-corrected chi connectivity index (χ2v) is 5.19. The second-order valence-electron chi connectivity index (χ2n) is 5.19. The van der Waals surface area contributed by atoms with Gasteiger partial charge in [-0.1, -0.05) is 0 Å². The van der Waals surface area contributed by atoms with Crippen LogP contribution in [0.3, 0.4) is 0 Å². The van der Waals surface area contributed by atoms with Crippen molar-refractivity contribution in [2.45, 2.75) is 6.92 Å². The van der Waals surface area contributed by atoms with Gasteiger partial charge < -0.3 is 14.8 Å². The molecule has 0 radical (unpaired) electrons. The molecule has 0 atom stereocenters. The number of nitrogens with zero attached hydrogens (tertiary/aromatic N) is 1. The van der Waals surface area contributed by atoms with Crippen LogP contribution in [0.2, 0.25) is 0 Å². The van der Waals surface area contributed by atoms with Gasteiger partial charge in [0.05, 0.1) is 19.1 Å².